The van der Waals surface area contributed by atoms with Gasteiger partial charge in [-0.05, 0) is 24.1 Å². The molecule has 124 valence electrons. The van der Waals surface area contributed by atoms with Gasteiger partial charge in [0.15, 0.2) is 0 Å². The van der Waals surface area contributed by atoms with Crippen LogP contribution in [-0.4, -0.2) is 27.3 Å². The lowest BCUT2D eigenvalue weighted by Crippen LogP contribution is -2.29. The molecular formula is C19H21N3O2. The van der Waals surface area contributed by atoms with Gasteiger partial charge in [0.1, 0.15) is 0 Å². The SMILES string of the molecule is Cc1ccc2cnn(CCC(=O)NCC(O)c3ccccc3)c2c1. The molecular weight excluding hydrogens is 302 g/mol. The van der Waals surface area contributed by atoms with Crippen LogP contribution in [0.25, 0.3) is 10.9 Å². The lowest BCUT2D eigenvalue weighted by Gasteiger charge is -2.12. The number of carbonyl (C=O) groups is 1. The highest BCUT2D eigenvalue weighted by Gasteiger charge is 2.10. The normalized spacial score (nSPS) is 12.2. The van der Waals surface area contributed by atoms with Gasteiger partial charge in [-0.1, -0.05) is 42.5 Å². The van der Waals surface area contributed by atoms with Gasteiger partial charge in [-0.25, -0.2) is 0 Å². The van der Waals surface area contributed by atoms with Crippen LogP contribution in [0.3, 0.4) is 0 Å². The molecule has 0 fully saturated rings. The van der Waals surface area contributed by atoms with E-state index < -0.39 is 6.10 Å². The van der Waals surface area contributed by atoms with Crippen molar-refractivity contribution in [3.63, 3.8) is 0 Å². The van der Waals surface area contributed by atoms with Crippen LogP contribution in [0.2, 0.25) is 0 Å². The van der Waals surface area contributed by atoms with Crippen LogP contribution in [0, 0.1) is 6.92 Å². The van der Waals surface area contributed by atoms with Crippen LogP contribution in [0.4, 0.5) is 0 Å². The monoisotopic (exact) mass is 323 g/mol. The zero-order valence-electron chi connectivity index (χ0n) is 13.6. The number of amides is 1. The maximum atomic E-state index is 12.0. The number of hydrogen-bond acceptors (Lipinski definition) is 3. The molecule has 5 nitrogen and oxygen atoms in total. The molecule has 0 bridgehead atoms. The van der Waals surface area contributed by atoms with Crippen LogP contribution in [-0.2, 0) is 11.3 Å². The first kappa shape index (κ1) is 16.2. The Hall–Kier alpha value is -2.66. The van der Waals surface area contributed by atoms with E-state index in [1.807, 2.05) is 60.3 Å². The average Bonchev–Trinajstić information content (AvgIpc) is 3.00. The Morgan fingerprint density at radius 1 is 1.25 bits per heavy atom. The largest absolute Gasteiger partial charge is 0.387 e. The Balaban J connectivity index is 1.53. The van der Waals surface area contributed by atoms with E-state index in [-0.39, 0.29) is 12.5 Å². The molecule has 1 amide bonds. The van der Waals surface area contributed by atoms with Gasteiger partial charge in [-0.3, -0.25) is 9.48 Å². The predicted octanol–water partition coefficient (Wildman–Crippen LogP) is 2.58. The van der Waals surface area contributed by atoms with Crippen LogP contribution in [0.1, 0.15) is 23.7 Å². The predicted molar refractivity (Wildman–Crippen MR) is 93.5 cm³/mol. The summed E-state index contributed by atoms with van der Waals surface area (Å²) in [5.41, 5.74) is 3.00. The van der Waals surface area contributed by atoms with Gasteiger partial charge in [0.05, 0.1) is 24.4 Å². The maximum Gasteiger partial charge on any atom is 0.221 e. The van der Waals surface area contributed by atoms with Crippen molar-refractivity contribution in [3.05, 3.63) is 65.9 Å². The summed E-state index contributed by atoms with van der Waals surface area (Å²) in [6.45, 7) is 2.76. The molecule has 2 N–H and O–H groups in total. The molecule has 0 aliphatic heterocycles. The molecule has 0 aliphatic rings. The molecule has 0 radical (unpaired) electrons. The first-order valence-corrected chi connectivity index (χ1v) is 8.05. The topological polar surface area (TPSA) is 67.2 Å². The van der Waals surface area contributed by atoms with Crippen LogP contribution in [0.5, 0.6) is 0 Å². The second-order valence-electron chi connectivity index (χ2n) is 5.91. The Kier molecular flexibility index (Phi) is 4.91. The highest BCUT2D eigenvalue weighted by atomic mass is 16.3. The van der Waals surface area contributed by atoms with Crippen molar-refractivity contribution in [1.82, 2.24) is 15.1 Å². The molecule has 1 heterocycles. The molecule has 1 aromatic heterocycles. The van der Waals surface area contributed by atoms with Crippen molar-refractivity contribution >= 4 is 16.8 Å². The molecule has 3 aromatic rings. The van der Waals surface area contributed by atoms with E-state index in [1.54, 1.807) is 0 Å². The number of rotatable bonds is 6. The number of aliphatic hydroxyl groups excluding tert-OH is 1. The standard InChI is InChI=1S/C19H21N3O2/c1-14-7-8-16-12-21-22(17(16)11-14)10-9-19(24)20-13-18(23)15-5-3-2-4-6-15/h2-8,11-12,18,23H,9-10,13H2,1H3,(H,20,24). The summed E-state index contributed by atoms with van der Waals surface area (Å²) in [6.07, 6.45) is 1.45. The van der Waals surface area contributed by atoms with Gasteiger partial charge in [0.2, 0.25) is 5.91 Å². The van der Waals surface area contributed by atoms with Gasteiger partial charge < -0.3 is 10.4 Å². The molecule has 1 unspecified atom stereocenters. The number of benzene rings is 2. The quantitative estimate of drug-likeness (QED) is 0.733. The molecule has 0 aliphatic carbocycles. The fourth-order valence-corrected chi connectivity index (χ4v) is 2.66. The third-order valence-electron chi connectivity index (χ3n) is 4.03. The van der Waals surface area contributed by atoms with Gasteiger partial charge in [0.25, 0.3) is 0 Å². The number of carbonyl (C=O) groups excluding carboxylic acids is 1. The first-order valence-electron chi connectivity index (χ1n) is 8.05. The Bertz CT molecular complexity index is 827. The van der Waals surface area contributed by atoms with Crippen molar-refractivity contribution in [3.8, 4) is 0 Å². The highest BCUT2D eigenvalue weighted by molar-refractivity contribution is 5.80. The van der Waals surface area contributed by atoms with E-state index in [2.05, 4.69) is 16.5 Å². The van der Waals surface area contributed by atoms with E-state index in [0.717, 1.165) is 16.5 Å². The molecule has 0 saturated heterocycles. The molecule has 24 heavy (non-hydrogen) atoms. The number of hydrogen-bond donors (Lipinski definition) is 2. The molecule has 0 spiro atoms. The minimum absolute atomic E-state index is 0.0960. The summed E-state index contributed by atoms with van der Waals surface area (Å²) in [5, 5.41) is 18.2. The summed E-state index contributed by atoms with van der Waals surface area (Å²) in [7, 11) is 0. The molecule has 1 atom stereocenters. The molecule has 5 heteroatoms. The maximum absolute atomic E-state index is 12.0. The summed E-state index contributed by atoms with van der Waals surface area (Å²) in [5.74, 6) is -0.0960. The van der Waals surface area contributed by atoms with Crippen LogP contribution >= 0.6 is 0 Å². The van der Waals surface area contributed by atoms with Crippen molar-refractivity contribution in [1.29, 1.82) is 0 Å². The molecule has 2 aromatic carbocycles. The van der Waals surface area contributed by atoms with Crippen molar-refractivity contribution in [2.45, 2.75) is 26.0 Å². The summed E-state index contributed by atoms with van der Waals surface area (Å²) < 4.78 is 1.84. The number of aliphatic hydroxyl groups is 1. The third-order valence-corrected chi connectivity index (χ3v) is 4.03. The van der Waals surface area contributed by atoms with Gasteiger partial charge in [-0.15, -0.1) is 0 Å². The number of aromatic nitrogens is 2. The average molecular weight is 323 g/mol. The molecule has 0 saturated carbocycles. The molecule has 3 rings (SSSR count). The van der Waals surface area contributed by atoms with E-state index in [0.29, 0.717) is 13.0 Å². The zero-order chi connectivity index (χ0) is 16.9. The van der Waals surface area contributed by atoms with E-state index >= 15 is 0 Å². The second-order valence-corrected chi connectivity index (χ2v) is 5.91. The second kappa shape index (κ2) is 7.27. The Labute approximate surface area is 140 Å². The fraction of sp³-hybridized carbons (Fsp3) is 0.263. The van der Waals surface area contributed by atoms with Gasteiger partial charge in [0, 0.05) is 18.4 Å². The van der Waals surface area contributed by atoms with Gasteiger partial charge in [-0.2, -0.15) is 5.10 Å². The minimum Gasteiger partial charge on any atom is -0.387 e. The lowest BCUT2D eigenvalue weighted by molar-refractivity contribution is -0.121. The number of nitrogens with zero attached hydrogens (tertiary/aromatic N) is 2. The Morgan fingerprint density at radius 2 is 2.04 bits per heavy atom. The first-order chi connectivity index (χ1) is 11.6. The Morgan fingerprint density at radius 3 is 2.83 bits per heavy atom. The highest BCUT2D eigenvalue weighted by Crippen LogP contribution is 2.15. The van der Waals surface area contributed by atoms with Gasteiger partial charge >= 0.3 is 0 Å². The lowest BCUT2D eigenvalue weighted by atomic mass is 10.1. The van der Waals surface area contributed by atoms with Crippen molar-refractivity contribution in [2.24, 2.45) is 0 Å². The number of aryl methyl sites for hydroxylation is 2. The van der Waals surface area contributed by atoms with Crippen LogP contribution < -0.4 is 5.32 Å². The zero-order valence-corrected chi connectivity index (χ0v) is 13.6. The smallest absolute Gasteiger partial charge is 0.221 e. The summed E-state index contributed by atoms with van der Waals surface area (Å²) in [4.78, 5) is 12.0. The van der Waals surface area contributed by atoms with E-state index in [4.69, 9.17) is 0 Å². The third kappa shape index (κ3) is 3.81. The van der Waals surface area contributed by atoms with Crippen LogP contribution in [0.15, 0.2) is 54.7 Å². The van der Waals surface area contributed by atoms with E-state index in [9.17, 15) is 9.90 Å². The minimum atomic E-state index is -0.691. The van der Waals surface area contributed by atoms with E-state index in [1.165, 1.54) is 5.56 Å². The summed E-state index contributed by atoms with van der Waals surface area (Å²) >= 11 is 0. The summed E-state index contributed by atoms with van der Waals surface area (Å²) in [6, 6.07) is 15.5. The van der Waals surface area contributed by atoms with Crippen molar-refractivity contribution < 1.29 is 9.90 Å². The fourth-order valence-electron chi connectivity index (χ4n) is 2.66. The number of nitrogens with one attached hydrogen (secondary N) is 1. The van der Waals surface area contributed by atoms with Crippen molar-refractivity contribution in [2.75, 3.05) is 6.54 Å². The number of fused-ring (bicyclic) bond motifs is 1.